The molecular formula is C116H84N2. The predicted octanol–water partition coefficient (Wildman–Crippen LogP) is 30.3. The quantitative estimate of drug-likeness (QED) is 0.101. The van der Waals surface area contributed by atoms with Crippen molar-refractivity contribution in [1.29, 1.82) is 0 Å². The summed E-state index contributed by atoms with van der Waals surface area (Å²) in [6.07, 6.45) is 0. The Kier molecular flexibility index (Phi) is 16.5. The van der Waals surface area contributed by atoms with Gasteiger partial charge in [-0.15, -0.1) is 0 Å². The zero-order valence-corrected chi connectivity index (χ0v) is 66.5. The van der Waals surface area contributed by atoms with E-state index >= 15 is 0 Å². The van der Waals surface area contributed by atoms with Crippen molar-refractivity contribution in [2.24, 2.45) is 0 Å². The number of fused-ring (bicyclic) bond motifs is 12. The van der Waals surface area contributed by atoms with Crippen molar-refractivity contribution in [3.05, 3.63) is 504 Å². The zero-order chi connectivity index (χ0) is 78.9. The minimum Gasteiger partial charge on any atom is -0.310 e. The lowest BCUT2D eigenvalue weighted by Gasteiger charge is -2.34. The fourth-order valence-corrected chi connectivity index (χ4v) is 21.0. The second-order valence-corrected chi connectivity index (χ2v) is 33.3. The highest BCUT2D eigenvalue weighted by Crippen LogP contribution is 2.63. The van der Waals surface area contributed by atoms with E-state index in [4.69, 9.17) is 0 Å². The summed E-state index contributed by atoms with van der Waals surface area (Å²) in [6, 6.07) is 164. The van der Waals surface area contributed by atoms with Gasteiger partial charge in [-0.3, -0.25) is 0 Å². The number of hydrogen-bond acceptors (Lipinski definition) is 2. The summed E-state index contributed by atoms with van der Waals surface area (Å²) in [5.41, 5.74) is 42.5. The van der Waals surface area contributed by atoms with Crippen LogP contribution >= 0.6 is 0 Å². The van der Waals surface area contributed by atoms with E-state index in [1.54, 1.807) is 0 Å². The molecule has 0 aromatic heterocycles. The molecule has 22 rings (SSSR count). The minimum atomic E-state index is -0.570. The molecule has 2 nitrogen and oxygen atoms in total. The second-order valence-electron chi connectivity index (χ2n) is 33.3. The third kappa shape index (κ3) is 10.8. The highest BCUT2D eigenvalue weighted by atomic mass is 15.2. The van der Waals surface area contributed by atoms with Gasteiger partial charge in [-0.25, -0.2) is 0 Å². The Balaban J connectivity index is 0.617. The fourth-order valence-electron chi connectivity index (χ4n) is 21.0. The van der Waals surface area contributed by atoms with Crippen LogP contribution in [0.15, 0.2) is 437 Å². The van der Waals surface area contributed by atoms with Crippen LogP contribution in [0.2, 0.25) is 0 Å². The van der Waals surface area contributed by atoms with Gasteiger partial charge < -0.3 is 9.80 Å². The number of nitrogens with zero attached hydrogens (tertiary/aromatic N) is 2. The van der Waals surface area contributed by atoms with Gasteiger partial charge in [-0.05, 0) is 229 Å². The van der Waals surface area contributed by atoms with Crippen LogP contribution in [0.25, 0.3) is 100 Å². The lowest BCUT2D eigenvalue weighted by atomic mass is 9.68. The first-order valence-electron chi connectivity index (χ1n) is 41.4. The molecular weight excluding hydrogens is 1420 g/mol. The SMILES string of the molecule is CC1(C)c2ccccc2-c2ccc(-c3ccc(N(c4cccc(-c5cccc(-c6ccc7c(c6)-c6ccc(-c8ccc(N(c9ccccc9-c9ccccc9)c9cccc%10c9-c9ccccc9C%10(c9ccccc9)c9ccccc9)cc8)cc6C7(C)C)c5)c4)c4cccc5c4-c4ccccc4C5(c4ccccc4)c4ccccc4)cc3)cc21. The van der Waals surface area contributed by atoms with Crippen molar-refractivity contribution < 1.29 is 0 Å². The number of benzene rings is 18. The van der Waals surface area contributed by atoms with Gasteiger partial charge in [0, 0.05) is 44.6 Å². The van der Waals surface area contributed by atoms with Gasteiger partial charge in [-0.1, -0.05) is 386 Å². The molecule has 0 saturated heterocycles. The maximum absolute atomic E-state index is 2.52. The van der Waals surface area contributed by atoms with Crippen molar-refractivity contribution in [1.82, 2.24) is 0 Å². The van der Waals surface area contributed by atoms with Crippen LogP contribution in [0.5, 0.6) is 0 Å². The lowest BCUT2D eigenvalue weighted by Crippen LogP contribution is -2.28. The first-order valence-corrected chi connectivity index (χ1v) is 41.4. The summed E-state index contributed by atoms with van der Waals surface area (Å²) in [5.74, 6) is 0. The Morgan fingerprint density at radius 1 is 0.161 bits per heavy atom. The van der Waals surface area contributed by atoms with Gasteiger partial charge in [0.2, 0.25) is 0 Å². The third-order valence-electron chi connectivity index (χ3n) is 26.4. The predicted molar refractivity (Wildman–Crippen MR) is 493 cm³/mol. The largest absolute Gasteiger partial charge is 0.310 e. The molecule has 4 aliphatic carbocycles. The van der Waals surface area contributed by atoms with Gasteiger partial charge >= 0.3 is 0 Å². The molecule has 0 aliphatic heterocycles. The number of rotatable bonds is 15. The van der Waals surface area contributed by atoms with Gasteiger partial charge in [-0.2, -0.15) is 0 Å². The molecule has 0 amide bonds. The lowest BCUT2D eigenvalue weighted by molar-refractivity contribution is 0.660. The van der Waals surface area contributed by atoms with E-state index in [-0.39, 0.29) is 10.8 Å². The highest BCUT2D eigenvalue weighted by molar-refractivity contribution is 6.02. The Morgan fingerprint density at radius 2 is 0.483 bits per heavy atom. The summed E-state index contributed by atoms with van der Waals surface area (Å²) in [5, 5.41) is 0. The number of para-hydroxylation sites is 1. The van der Waals surface area contributed by atoms with Gasteiger partial charge in [0.05, 0.1) is 27.9 Å². The van der Waals surface area contributed by atoms with Crippen LogP contribution in [0.3, 0.4) is 0 Å². The van der Waals surface area contributed by atoms with E-state index in [1.807, 2.05) is 0 Å². The Hall–Kier alpha value is -14.4. The van der Waals surface area contributed by atoms with E-state index in [1.165, 1.54) is 145 Å². The van der Waals surface area contributed by atoms with Gasteiger partial charge in [0.1, 0.15) is 0 Å². The van der Waals surface area contributed by atoms with Crippen LogP contribution < -0.4 is 9.80 Å². The monoisotopic (exact) mass is 1500 g/mol. The van der Waals surface area contributed by atoms with Crippen molar-refractivity contribution in [2.75, 3.05) is 9.80 Å². The molecule has 4 aliphatic rings. The van der Waals surface area contributed by atoms with Crippen LogP contribution in [0, 0.1) is 0 Å². The minimum absolute atomic E-state index is 0.107. The van der Waals surface area contributed by atoms with Crippen molar-refractivity contribution in [2.45, 2.75) is 49.4 Å². The molecule has 118 heavy (non-hydrogen) atoms. The molecule has 0 saturated carbocycles. The van der Waals surface area contributed by atoms with Crippen LogP contribution in [0.4, 0.5) is 34.1 Å². The molecule has 18 aromatic carbocycles. The van der Waals surface area contributed by atoms with Crippen molar-refractivity contribution >= 4 is 34.1 Å². The normalized spacial score (nSPS) is 14.0. The zero-order valence-electron chi connectivity index (χ0n) is 66.5. The maximum Gasteiger partial charge on any atom is 0.0714 e. The van der Waals surface area contributed by atoms with Crippen LogP contribution in [0.1, 0.15) is 94.5 Å². The maximum atomic E-state index is 2.52. The summed E-state index contributed by atoms with van der Waals surface area (Å²) in [6.45, 7) is 9.54. The molecule has 0 radical (unpaired) electrons. The fraction of sp³-hybridized carbons (Fsp3) is 0.0690. The number of hydrogen-bond donors (Lipinski definition) is 0. The van der Waals surface area contributed by atoms with E-state index in [9.17, 15) is 0 Å². The van der Waals surface area contributed by atoms with Gasteiger partial charge in [0.25, 0.3) is 0 Å². The smallest absolute Gasteiger partial charge is 0.0714 e. The third-order valence-corrected chi connectivity index (χ3v) is 26.4. The molecule has 0 atom stereocenters. The second kappa shape index (κ2) is 27.7. The Morgan fingerprint density at radius 3 is 0.992 bits per heavy atom. The molecule has 558 valence electrons. The highest BCUT2D eigenvalue weighted by Gasteiger charge is 2.50. The summed E-state index contributed by atoms with van der Waals surface area (Å²) >= 11 is 0. The molecule has 0 spiro atoms. The average Bonchev–Trinajstić information content (AvgIpc) is 1.54. The molecule has 2 heteroatoms. The molecule has 0 heterocycles. The van der Waals surface area contributed by atoms with E-state index < -0.39 is 10.8 Å². The summed E-state index contributed by atoms with van der Waals surface area (Å²) in [4.78, 5) is 5.03. The number of anilines is 6. The van der Waals surface area contributed by atoms with E-state index in [2.05, 4.69) is 474 Å². The molecule has 0 unspecified atom stereocenters. The Labute approximate surface area is 692 Å². The molecule has 0 fully saturated rings. The van der Waals surface area contributed by atoms with Gasteiger partial charge in [0.15, 0.2) is 0 Å². The van der Waals surface area contributed by atoms with Crippen LogP contribution in [-0.4, -0.2) is 0 Å². The van der Waals surface area contributed by atoms with E-state index in [0.29, 0.717) is 0 Å². The molecule has 18 aromatic rings. The first kappa shape index (κ1) is 70.2. The van der Waals surface area contributed by atoms with Crippen molar-refractivity contribution in [3.63, 3.8) is 0 Å². The summed E-state index contributed by atoms with van der Waals surface area (Å²) < 4.78 is 0. The Bertz CT molecular complexity index is 6880. The summed E-state index contributed by atoms with van der Waals surface area (Å²) in [7, 11) is 0. The molecule has 0 N–H and O–H groups in total. The van der Waals surface area contributed by atoms with Crippen molar-refractivity contribution in [3.8, 4) is 100 Å². The standard InChI is InChI=1S/C116H84N2/c1-113(2)100-50-24-20-47-94(100)95-69-62-84(75-106(95)113)77-58-65-90(66-59-77)117(109-56-30-53-104-111(109)97-48-21-25-51-102(97)115(104,86-37-12-6-13-38-86)87-39-14-7-15-40-87)92-45-29-36-82(73-92)80-34-28-35-81(72-80)83-64-71-101-99(74-83)96-70-63-85(76-107(96)114(101,3)4)78-60-67-91(68-61-78)118(108-55-27-23-46-93(108)79-32-10-5-11-33-79)110-57-31-54-105-112(110)98-49-22-26-52-103(98)116(105,88-41-16-8-17-42-88)89-43-18-9-19-44-89/h5-76H,1-4H3. The first-order chi connectivity index (χ1) is 58.0. The average molecular weight is 1510 g/mol. The van der Waals surface area contributed by atoms with Crippen LogP contribution in [-0.2, 0) is 21.7 Å². The molecule has 0 bridgehead atoms. The topological polar surface area (TPSA) is 6.48 Å². The van der Waals surface area contributed by atoms with E-state index in [0.717, 1.165) is 56.4 Å².